The highest BCUT2D eigenvalue weighted by Crippen LogP contribution is 2.54. The number of hydrogen-bond acceptors (Lipinski definition) is 4. The van der Waals surface area contributed by atoms with E-state index < -0.39 is 10.5 Å². The number of nitro benzene ring substituents is 1. The minimum absolute atomic E-state index is 0.0697. The number of rotatable bonds is 2. The monoisotopic (exact) mass is 267 g/mol. The van der Waals surface area contributed by atoms with Gasteiger partial charge in [-0.3, -0.25) is 10.1 Å². The van der Waals surface area contributed by atoms with E-state index in [2.05, 4.69) is 0 Å². The van der Waals surface area contributed by atoms with Gasteiger partial charge in [0.1, 0.15) is 5.60 Å². The Bertz CT molecular complexity index is 473. The zero-order valence-electron chi connectivity index (χ0n) is 10.5. The molecule has 0 amide bonds. The molecule has 1 aromatic rings. The van der Waals surface area contributed by atoms with E-state index in [4.69, 9.17) is 0 Å². The molecular weight excluding hydrogens is 250 g/mol. The van der Waals surface area contributed by atoms with Crippen LogP contribution < -0.4 is 0 Å². The summed E-state index contributed by atoms with van der Waals surface area (Å²) in [4.78, 5) is 11.3. The molecule has 0 spiro atoms. The highest BCUT2D eigenvalue weighted by atomic mass is 32.2. The fourth-order valence-electron chi connectivity index (χ4n) is 2.26. The zero-order chi connectivity index (χ0) is 13.3. The van der Waals surface area contributed by atoms with Crippen molar-refractivity contribution in [3.63, 3.8) is 0 Å². The average molecular weight is 267 g/mol. The molecule has 1 saturated carbocycles. The van der Waals surface area contributed by atoms with Crippen LogP contribution in [-0.4, -0.2) is 15.8 Å². The van der Waals surface area contributed by atoms with Crippen LogP contribution in [0.2, 0.25) is 0 Å². The van der Waals surface area contributed by atoms with Crippen molar-refractivity contribution < 1.29 is 10.0 Å². The lowest BCUT2D eigenvalue weighted by molar-refractivity contribution is -0.385. The van der Waals surface area contributed by atoms with E-state index in [1.807, 2.05) is 13.8 Å². The van der Waals surface area contributed by atoms with Crippen LogP contribution in [0.25, 0.3) is 0 Å². The Labute approximate surface area is 111 Å². The lowest BCUT2D eigenvalue weighted by Crippen LogP contribution is -2.28. The molecule has 0 saturated heterocycles. The number of benzene rings is 1. The lowest BCUT2D eigenvalue weighted by Gasteiger charge is -2.22. The van der Waals surface area contributed by atoms with Gasteiger partial charge in [0.25, 0.3) is 5.69 Å². The summed E-state index contributed by atoms with van der Waals surface area (Å²) in [6, 6.07) is 4.79. The molecule has 1 unspecified atom stereocenters. The van der Waals surface area contributed by atoms with Gasteiger partial charge >= 0.3 is 0 Å². The maximum Gasteiger partial charge on any atom is 0.269 e. The van der Waals surface area contributed by atoms with E-state index in [1.54, 1.807) is 17.8 Å². The average Bonchev–Trinajstić information content (AvgIpc) is 3.19. The van der Waals surface area contributed by atoms with Crippen molar-refractivity contribution in [2.75, 3.05) is 5.75 Å². The highest BCUT2D eigenvalue weighted by molar-refractivity contribution is 7.99. The first-order valence-electron chi connectivity index (χ1n) is 6.25. The largest absolute Gasteiger partial charge is 0.384 e. The molecule has 3 rings (SSSR count). The second-order valence-corrected chi connectivity index (χ2v) is 5.44. The lowest BCUT2D eigenvalue weighted by atomic mass is 9.91. The minimum atomic E-state index is -0.827. The highest BCUT2D eigenvalue weighted by Gasteiger charge is 2.49. The number of hydrogen-bond donors (Lipinski definition) is 1. The second kappa shape index (κ2) is 4.90. The molecule has 1 atom stereocenters. The first-order chi connectivity index (χ1) is 8.61. The minimum Gasteiger partial charge on any atom is -0.384 e. The quantitative estimate of drug-likeness (QED) is 0.659. The Morgan fingerprint density at radius 3 is 2.67 bits per heavy atom. The number of nitrogens with zero attached hydrogens (tertiary/aromatic N) is 1. The predicted octanol–water partition coefficient (Wildman–Crippen LogP) is 3.32. The van der Waals surface area contributed by atoms with E-state index in [0.29, 0.717) is 11.7 Å². The number of aliphatic hydroxyl groups is 1. The van der Waals surface area contributed by atoms with Crippen molar-refractivity contribution in [3.8, 4) is 0 Å². The zero-order valence-corrected chi connectivity index (χ0v) is 11.4. The van der Waals surface area contributed by atoms with Gasteiger partial charge < -0.3 is 5.11 Å². The molecule has 1 heterocycles. The molecule has 1 fully saturated rings. The van der Waals surface area contributed by atoms with Gasteiger partial charge in [0.05, 0.1) is 4.92 Å². The third kappa shape index (κ3) is 2.12. The van der Waals surface area contributed by atoms with Crippen LogP contribution >= 0.6 is 11.8 Å². The normalized spacial score (nSPS) is 25.1. The van der Waals surface area contributed by atoms with Crippen molar-refractivity contribution >= 4 is 17.4 Å². The van der Waals surface area contributed by atoms with Gasteiger partial charge in [-0.05, 0) is 24.8 Å². The van der Waals surface area contributed by atoms with E-state index in [1.165, 1.54) is 12.1 Å². The maximum atomic E-state index is 10.7. The number of thioether (sulfide) groups is 1. The fraction of sp³-hybridized carbons (Fsp3) is 0.538. The van der Waals surface area contributed by atoms with E-state index in [9.17, 15) is 15.2 Å². The van der Waals surface area contributed by atoms with Crippen molar-refractivity contribution in [2.45, 2.75) is 37.2 Å². The standard InChI is InChI=1S/C11H11NO3S.C2H6/c13-11(7-1-2-7)6-16-10-4-3-8(12(14)15)5-9(10)11;1-2/h3-5,7,13H,1-2,6H2;1-2H3. The van der Waals surface area contributed by atoms with Gasteiger partial charge in [-0.25, -0.2) is 0 Å². The molecule has 0 bridgehead atoms. The maximum absolute atomic E-state index is 10.7. The van der Waals surface area contributed by atoms with Crippen molar-refractivity contribution in [2.24, 2.45) is 5.92 Å². The molecule has 0 radical (unpaired) electrons. The first kappa shape index (κ1) is 13.4. The van der Waals surface area contributed by atoms with E-state index in [0.717, 1.165) is 23.3 Å². The van der Waals surface area contributed by atoms with Crippen molar-refractivity contribution in [1.29, 1.82) is 0 Å². The molecule has 1 aromatic carbocycles. The third-order valence-corrected chi connectivity index (χ3v) is 4.59. The Morgan fingerprint density at radius 2 is 2.11 bits per heavy atom. The summed E-state index contributed by atoms with van der Waals surface area (Å²) >= 11 is 1.59. The van der Waals surface area contributed by atoms with Gasteiger partial charge in [0, 0.05) is 28.3 Å². The topological polar surface area (TPSA) is 63.4 Å². The van der Waals surface area contributed by atoms with Gasteiger partial charge in [0.2, 0.25) is 0 Å². The number of fused-ring (bicyclic) bond motifs is 1. The molecule has 98 valence electrons. The molecule has 1 N–H and O–H groups in total. The van der Waals surface area contributed by atoms with Crippen LogP contribution in [0, 0.1) is 16.0 Å². The molecule has 2 aliphatic rings. The summed E-state index contributed by atoms with van der Waals surface area (Å²) in [5, 5.41) is 21.3. The summed E-state index contributed by atoms with van der Waals surface area (Å²) in [5.41, 5.74) is 0.000903. The number of nitro groups is 1. The summed E-state index contributed by atoms with van der Waals surface area (Å²) in [6.07, 6.45) is 2.05. The van der Waals surface area contributed by atoms with Crippen LogP contribution in [0.4, 0.5) is 5.69 Å². The van der Waals surface area contributed by atoms with Gasteiger partial charge in [0.15, 0.2) is 0 Å². The number of non-ortho nitro benzene ring substituents is 1. The first-order valence-corrected chi connectivity index (χ1v) is 7.24. The van der Waals surface area contributed by atoms with Gasteiger partial charge in [-0.2, -0.15) is 0 Å². The molecule has 5 heteroatoms. The Balaban J connectivity index is 0.000000574. The van der Waals surface area contributed by atoms with Crippen molar-refractivity contribution in [3.05, 3.63) is 33.9 Å². The van der Waals surface area contributed by atoms with Gasteiger partial charge in [-0.15, -0.1) is 11.8 Å². The summed E-state index contributed by atoms with van der Waals surface area (Å²) in [7, 11) is 0. The molecule has 1 aliphatic heterocycles. The third-order valence-electron chi connectivity index (χ3n) is 3.34. The Hall–Kier alpha value is -1.07. The SMILES string of the molecule is CC.O=[N+]([O-])c1ccc2c(c1)C(O)(C1CC1)CS2. The van der Waals surface area contributed by atoms with Crippen molar-refractivity contribution in [1.82, 2.24) is 0 Å². The molecular formula is C13H17NO3S. The van der Waals surface area contributed by atoms with Crippen LogP contribution in [0.3, 0.4) is 0 Å². The van der Waals surface area contributed by atoms with Crippen LogP contribution in [0.15, 0.2) is 23.1 Å². The molecule has 18 heavy (non-hydrogen) atoms. The van der Waals surface area contributed by atoms with E-state index >= 15 is 0 Å². The summed E-state index contributed by atoms with van der Waals surface area (Å²) < 4.78 is 0. The molecule has 4 nitrogen and oxygen atoms in total. The van der Waals surface area contributed by atoms with Gasteiger partial charge in [-0.1, -0.05) is 13.8 Å². The van der Waals surface area contributed by atoms with Crippen LogP contribution in [0.5, 0.6) is 0 Å². The summed E-state index contributed by atoms with van der Waals surface area (Å²) in [6.45, 7) is 4.00. The van der Waals surface area contributed by atoms with E-state index in [-0.39, 0.29) is 5.69 Å². The van der Waals surface area contributed by atoms with Crippen LogP contribution in [0.1, 0.15) is 32.3 Å². The summed E-state index contributed by atoms with van der Waals surface area (Å²) in [5.74, 6) is 0.928. The smallest absolute Gasteiger partial charge is 0.269 e. The molecule has 0 aromatic heterocycles. The fourth-order valence-corrected chi connectivity index (χ4v) is 3.58. The predicted molar refractivity (Wildman–Crippen MR) is 71.8 cm³/mol. The van der Waals surface area contributed by atoms with Crippen LogP contribution in [-0.2, 0) is 5.60 Å². The Morgan fingerprint density at radius 1 is 1.44 bits per heavy atom. The Kier molecular flexibility index (Phi) is 3.64. The second-order valence-electron chi connectivity index (χ2n) is 4.42. The molecule has 1 aliphatic carbocycles.